The van der Waals surface area contributed by atoms with Crippen molar-refractivity contribution in [1.29, 1.82) is 0 Å². The van der Waals surface area contributed by atoms with Crippen molar-refractivity contribution >= 4 is 5.91 Å². The Hall–Kier alpha value is -2.53. The molecule has 0 aliphatic heterocycles. The van der Waals surface area contributed by atoms with E-state index >= 15 is 0 Å². The summed E-state index contributed by atoms with van der Waals surface area (Å²) in [5.74, 6) is 0.994. The van der Waals surface area contributed by atoms with Crippen molar-refractivity contribution in [1.82, 2.24) is 10.2 Å². The van der Waals surface area contributed by atoms with E-state index in [1.807, 2.05) is 61.5 Å². The van der Waals surface area contributed by atoms with Crippen molar-refractivity contribution in [2.75, 3.05) is 34.4 Å². The fourth-order valence-corrected chi connectivity index (χ4v) is 2.40. The summed E-state index contributed by atoms with van der Waals surface area (Å²) >= 11 is 0. The van der Waals surface area contributed by atoms with Crippen LogP contribution in [0.15, 0.2) is 54.6 Å². The van der Waals surface area contributed by atoms with Crippen LogP contribution in [0, 0.1) is 0 Å². The number of amides is 1. The molecule has 0 aliphatic rings. The maximum atomic E-state index is 12.3. The summed E-state index contributed by atoms with van der Waals surface area (Å²) in [5, 5.41) is 3.03. The Balaban J connectivity index is 1.97. The summed E-state index contributed by atoms with van der Waals surface area (Å²) < 4.78 is 10.8. The quantitative estimate of drug-likeness (QED) is 0.809. The van der Waals surface area contributed by atoms with Crippen molar-refractivity contribution in [3.63, 3.8) is 0 Å². The van der Waals surface area contributed by atoms with Crippen LogP contribution in [0.4, 0.5) is 0 Å². The predicted octanol–water partition coefficient (Wildman–Crippen LogP) is 2.49. The fraction of sp³-hybridized carbons (Fsp3) is 0.316. The molecule has 2 aromatic rings. The number of nitrogens with one attached hydrogen (secondary N) is 1. The molecule has 0 bridgehead atoms. The van der Waals surface area contributed by atoms with Gasteiger partial charge in [0, 0.05) is 6.54 Å². The van der Waals surface area contributed by atoms with Gasteiger partial charge in [0.15, 0.2) is 18.1 Å². The highest BCUT2D eigenvalue weighted by Gasteiger charge is 2.16. The molecular weight excluding hydrogens is 304 g/mol. The maximum Gasteiger partial charge on any atom is 0.258 e. The number of ether oxygens (including phenoxy) is 2. The van der Waals surface area contributed by atoms with E-state index in [4.69, 9.17) is 9.47 Å². The minimum atomic E-state index is -0.170. The Morgan fingerprint density at radius 3 is 2.29 bits per heavy atom. The number of hydrogen-bond acceptors (Lipinski definition) is 4. The Kier molecular flexibility index (Phi) is 6.63. The van der Waals surface area contributed by atoms with Gasteiger partial charge in [-0.05, 0) is 31.8 Å². The van der Waals surface area contributed by atoms with Gasteiger partial charge in [-0.1, -0.05) is 42.5 Å². The molecule has 0 saturated carbocycles. The van der Waals surface area contributed by atoms with E-state index in [1.54, 1.807) is 19.2 Å². The molecule has 0 saturated heterocycles. The van der Waals surface area contributed by atoms with Crippen LogP contribution in [-0.4, -0.2) is 45.2 Å². The second-order valence-corrected chi connectivity index (χ2v) is 5.73. The number of carbonyl (C=O) groups is 1. The average Bonchev–Trinajstić information content (AvgIpc) is 2.60. The molecule has 0 heterocycles. The van der Waals surface area contributed by atoms with E-state index in [2.05, 4.69) is 5.32 Å². The lowest BCUT2D eigenvalue weighted by Crippen LogP contribution is -2.37. The van der Waals surface area contributed by atoms with Crippen molar-refractivity contribution in [2.24, 2.45) is 0 Å². The van der Waals surface area contributed by atoms with Gasteiger partial charge in [-0.3, -0.25) is 4.79 Å². The van der Waals surface area contributed by atoms with E-state index in [0.29, 0.717) is 18.0 Å². The van der Waals surface area contributed by atoms with Crippen molar-refractivity contribution in [2.45, 2.75) is 6.04 Å². The maximum absolute atomic E-state index is 12.3. The number of benzene rings is 2. The summed E-state index contributed by atoms with van der Waals surface area (Å²) in [6, 6.07) is 17.1. The number of methoxy groups -OCH3 is 1. The van der Waals surface area contributed by atoms with E-state index in [0.717, 1.165) is 5.56 Å². The average molecular weight is 328 g/mol. The van der Waals surface area contributed by atoms with Crippen LogP contribution in [-0.2, 0) is 4.79 Å². The van der Waals surface area contributed by atoms with Crippen LogP contribution in [0.5, 0.6) is 11.5 Å². The van der Waals surface area contributed by atoms with Crippen LogP contribution >= 0.6 is 0 Å². The minimum Gasteiger partial charge on any atom is -0.493 e. The largest absolute Gasteiger partial charge is 0.493 e. The number of likely N-dealkylation sites (N-methyl/N-ethyl adjacent to an activating group) is 1. The van der Waals surface area contributed by atoms with Crippen LogP contribution in [0.2, 0.25) is 0 Å². The molecule has 0 spiro atoms. The zero-order valence-corrected chi connectivity index (χ0v) is 14.4. The molecular formula is C19H24N2O3. The molecule has 1 N–H and O–H groups in total. The Labute approximate surface area is 143 Å². The Morgan fingerprint density at radius 1 is 1.04 bits per heavy atom. The molecule has 0 fully saturated rings. The minimum absolute atomic E-state index is 0.0584. The van der Waals surface area contributed by atoms with Gasteiger partial charge in [-0.2, -0.15) is 0 Å². The van der Waals surface area contributed by atoms with Crippen molar-refractivity contribution in [3.05, 3.63) is 60.2 Å². The first-order valence-corrected chi connectivity index (χ1v) is 7.85. The number of para-hydroxylation sites is 2. The highest BCUT2D eigenvalue weighted by atomic mass is 16.5. The summed E-state index contributed by atoms with van der Waals surface area (Å²) in [6.45, 7) is 0.654. The Bertz CT molecular complexity index is 644. The standard InChI is InChI=1S/C19H24N2O3/c1-21(2)13-16(15-9-5-4-6-10-15)20-19(22)14-24-18-12-8-7-11-17(18)23-3/h4-12,16H,13-14H2,1-3H3,(H,20,22). The first kappa shape index (κ1) is 17.8. The summed E-state index contributed by atoms with van der Waals surface area (Å²) in [7, 11) is 5.53. The third-order valence-electron chi connectivity index (χ3n) is 3.51. The van der Waals surface area contributed by atoms with Gasteiger partial charge in [0.2, 0.25) is 0 Å². The monoisotopic (exact) mass is 328 g/mol. The molecule has 1 unspecified atom stereocenters. The second-order valence-electron chi connectivity index (χ2n) is 5.73. The van der Waals surface area contributed by atoms with Gasteiger partial charge in [0.05, 0.1) is 13.2 Å². The molecule has 128 valence electrons. The lowest BCUT2D eigenvalue weighted by Gasteiger charge is -2.23. The number of hydrogen-bond donors (Lipinski definition) is 1. The Morgan fingerprint density at radius 2 is 1.67 bits per heavy atom. The molecule has 5 nitrogen and oxygen atoms in total. The predicted molar refractivity (Wildman–Crippen MR) is 94.4 cm³/mol. The van der Waals surface area contributed by atoms with Gasteiger partial charge in [0.25, 0.3) is 5.91 Å². The molecule has 1 amide bonds. The zero-order chi connectivity index (χ0) is 17.4. The summed E-state index contributed by atoms with van der Waals surface area (Å²) in [4.78, 5) is 14.3. The van der Waals surface area contributed by atoms with Crippen LogP contribution < -0.4 is 14.8 Å². The van der Waals surface area contributed by atoms with Gasteiger partial charge in [0.1, 0.15) is 0 Å². The molecule has 0 aromatic heterocycles. The molecule has 1 atom stereocenters. The van der Waals surface area contributed by atoms with E-state index in [1.165, 1.54) is 0 Å². The number of carbonyl (C=O) groups excluding carboxylic acids is 1. The number of nitrogens with zero attached hydrogens (tertiary/aromatic N) is 1. The van der Waals surface area contributed by atoms with Gasteiger partial charge < -0.3 is 19.7 Å². The topological polar surface area (TPSA) is 50.8 Å². The normalized spacial score (nSPS) is 11.8. The summed E-state index contributed by atoms with van der Waals surface area (Å²) in [6.07, 6.45) is 0. The van der Waals surface area contributed by atoms with Crippen LogP contribution in [0.3, 0.4) is 0 Å². The number of rotatable bonds is 8. The molecule has 24 heavy (non-hydrogen) atoms. The lowest BCUT2D eigenvalue weighted by molar-refractivity contribution is -0.124. The molecule has 2 rings (SSSR count). The SMILES string of the molecule is COc1ccccc1OCC(=O)NC(CN(C)C)c1ccccc1. The van der Waals surface area contributed by atoms with E-state index < -0.39 is 0 Å². The van der Waals surface area contributed by atoms with Crippen molar-refractivity contribution in [3.8, 4) is 11.5 Å². The van der Waals surface area contributed by atoms with Gasteiger partial charge >= 0.3 is 0 Å². The first-order chi connectivity index (χ1) is 11.6. The third-order valence-corrected chi connectivity index (χ3v) is 3.51. The van der Waals surface area contributed by atoms with E-state index in [-0.39, 0.29) is 18.6 Å². The highest BCUT2D eigenvalue weighted by Crippen LogP contribution is 2.25. The smallest absolute Gasteiger partial charge is 0.258 e. The molecule has 0 radical (unpaired) electrons. The van der Waals surface area contributed by atoms with Crippen LogP contribution in [0.1, 0.15) is 11.6 Å². The molecule has 0 aliphatic carbocycles. The van der Waals surface area contributed by atoms with Crippen LogP contribution in [0.25, 0.3) is 0 Å². The van der Waals surface area contributed by atoms with E-state index in [9.17, 15) is 4.79 Å². The molecule has 5 heteroatoms. The summed E-state index contributed by atoms with van der Waals surface area (Å²) in [5.41, 5.74) is 1.07. The zero-order valence-electron chi connectivity index (χ0n) is 14.4. The van der Waals surface area contributed by atoms with Crippen molar-refractivity contribution < 1.29 is 14.3 Å². The van der Waals surface area contributed by atoms with Gasteiger partial charge in [-0.15, -0.1) is 0 Å². The highest BCUT2D eigenvalue weighted by molar-refractivity contribution is 5.78. The second kappa shape index (κ2) is 8.93. The fourth-order valence-electron chi connectivity index (χ4n) is 2.40. The third kappa shape index (κ3) is 5.28. The van der Waals surface area contributed by atoms with Gasteiger partial charge in [-0.25, -0.2) is 0 Å². The first-order valence-electron chi connectivity index (χ1n) is 7.85. The lowest BCUT2D eigenvalue weighted by atomic mass is 10.1. The molecule has 2 aromatic carbocycles.